The molecule has 1 saturated heterocycles. The zero-order valence-corrected chi connectivity index (χ0v) is 12.1. The third-order valence-corrected chi connectivity index (χ3v) is 4.48. The van der Waals surface area contributed by atoms with Crippen LogP contribution in [0.1, 0.15) is 39.0 Å². The van der Waals surface area contributed by atoms with Gasteiger partial charge in [0, 0.05) is 19.6 Å². The number of halogens is 1. The maximum Gasteiger partial charge on any atom is 0.231 e. The molecule has 2 aliphatic rings. The summed E-state index contributed by atoms with van der Waals surface area (Å²) in [7, 11) is 0. The normalized spacial score (nSPS) is 20.6. The van der Waals surface area contributed by atoms with Crippen molar-refractivity contribution in [1.29, 1.82) is 0 Å². The van der Waals surface area contributed by atoms with Gasteiger partial charge in [-0.3, -0.25) is 0 Å². The lowest BCUT2D eigenvalue weighted by Crippen LogP contribution is -2.22. The summed E-state index contributed by atoms with van der Waals surface area (Å²) in [5, 5.41) is 3.61. The molecule has 0 amide bonds. The van der Waals surface area contributed by atoms with E-state index in [1.54, 1.807) is 0 Å². The van der Waals surface area contributed by atoms with Crippen molar-refractivity contribution >= 4 is 23.5 Å². The molecule has 0 unspecified atom stereocenters. The van der Waals surface area contributed by atoms with Crippen LogP contribution < -0.4 is 10.2 Å². The van der Waals surface area contributed by atoms with Gasteiger partial charge in [0.2, 0.25) is 17.2 Å². The molecular weight excluding hydrogens is 262 g/mol. The molecule has 1 N–H and O–H groups in total. The van der Waals surface area contributed by atoms with E-state index >= 15 is 0 Å². The largest absolute Gasteiger partial charge is 0.353 e. The third-order valence-electron chi connectivity index (χ3n) is 4.31. The molecular formula is C13H20ClN5. The summed E-state index contributed by atoms with van der Waals surface area (Å²) in [6, 6.07) is 0. The highest BCUT2D eigenvalue weighted by Gasteiger charge is 2.40. The molecule has 0 radical (unpaired) electrons. The van der Waals surface area contributed by atoms with Crippen LogP contribution in [-0.4, -0.2) is 34.6 Å². The summed E-state index contributed by atoms with van der Waals surface area (Å²) in [5.41, 5.74) is 0.465. The van der Waals surface area contributed by atoms with Crippen LogP contribution in [0, 0.1) is 5.41 Å². The summed E-state index contributed by atoms with van der Waals surface area (Å²) in [4.78, 5) is 15.1. The first-order chi connectivity index (χ1) is 9.21. The third kappa shape index (κ3) is 2.91. The van der Waals surface area contributed by atoms with Crippen molar-refractivity contribution in [3.05, 3.63) is 5.28 Å². The Balaban J connectivity index is 1.70. The number of hydrogen-bond donors (Lipinski definition) is 1. The fourth-order valence-corrected chi connectivity index (χ4v) is 2.73. The molecule has 6 heteroatoms. The van der Waals surface area contributed by atoms with Crippen molar-refractivity contribution in [3.63, 3.8) is 0 Å². The van der Waals surface area contributed by atoms with Gasteiger partial charge in [-0.15, -0.1) is 0 Å². The molecule has 19 heavy (non-hydrogen) atoms. The van der Waals surface area contributed by atoms with Crippen molar-refractivity contribution in [1.82, 2.24) is 15.0 Å². The minimum atomic E-state index is 0.278. The smallest absolute Gasteiger partial charge is 0.231 e. The first-order valence-corrected chi connectivity index (χ1v) is 7.49. The summed E-state index contributed by atoms with van der Waals surface area (Å²) in [6.07, 6.45) is 6.20. The predicted octanol–water partition coefficient (Wildman–Crippen LogP) is 2.73. The van der Waals surface area contributed by atoms with E-state index in [9.17, 15) is 0 Å². The van der Waals surface area contributed by atoms with E-state index in [0.717, 1.165) is 19.6 Å². The molecule has 104 valence electrons. The van der Waals surface area contributed by atoms with Crippen LogP contribution in [-0.2, 0) is 0 Å². The summed E-state index contributed by atoms with van der Waals surface area (Å²) >= 11 is 6.00. The monoisotopic (exact) mass is 281 g/mol. The number of nitrogens with one attached hydrogen (secondary N) is 1. The second-order valence-electron chi connectivity index (χ2n) is 5.63. The van der Waals surface area contributed by atoms with Crippen LogP contribution in [0.3, 0.4) is 0 Å². The van der Waals surface area contributed by atoms with Crippen LogP contribution in [0.5, 0.6) is 0 Å². The Morgan fingerprint density at radius 2 is 1.95 bits per heavy atom. The van der Waals surface area contributed by atoms with Crippen LogP contribution in [0.2, 0.25) is 5.28 Å². The van der Waals surface area contributed by atoms with Crippen molar-refractivity contribution < 1.29 is 0 Å². The molecule has 1 aromatic rings. The minimum absolute atomic E-state index is 0.278. The highest BCUT2D eigenvalue weighted by molar-refractivity contribution is 6.28. The van der Waals surface area contributed by atoms with Gasteiger partial charge in [0.25, 0.3) is 0 Å². The van der Waals surface area contributed by atoms with E-state index < -0.39 is 0 Å². The zero-order valence-electron chi connectivity index (χ0n) is 11.3. The van der Waals surface area contributed by atoms with E-state index in [4.69, 9.17) is 11.6 Å². The Bertz CT molecular complexity index is 454. The summed E-state index contributed by atoms with van der Waals surface area (Å²) in [5.74, 6) is 1.32. The lowest BCUT2D eigenvalue weighted by atomic mass is 10.0. The first kappa shape index (κ1) is 12.9. The van der Waals surface area contributed by atoms with Crippen LogP contribution >= 0.6 is 11.6 Å². The van der Waals surface area contributed by atoms with E-state index in [1.165, 1.54) is 32.1 Å². The molecule has 1 saturated carbocycles. The van der Waals surface area contributed by atoms with E-state index in [0.29, 0.717) is 17.3 Å². The molecule has 0 spiro atoms. The molecule has 2 heterocycles. The second-order valence-corrected chi connectivity index (χ2v) is 5.97. The number of nitrogens with zero attached hydrogens (tertiary/aromatic N) is 4. The van der Waals surface area contributed by atoms with Gasteiger partial charge in [-0.2, -0.15) is 15.0 Å². The zero-order chi connectivity index (χ0) is 13.3. The van der Waals surface area contributed by atoms with Crippen molar-refractivity contribution in [2.75, 3.05) is 29.9 Å². The Morgan fingerprint density at radius 3 is 2.58 bits per heavy atom. The van der Waals surface area contributed by atoms with Gasteiger partial charge in [0.05, 0.1) is 0 Å². The van der Waals surface area contributed by atoms with Gasteiger partial charge in [0.15, 0.2) is 0 Å². The molecule has 2 fully saturated rings. The standard InChI is InChI=1S/C13H20ClN5/c1-2-13(5-6-13)9-15-11-16-10(14)17-12(18-11)19-7-3-4-8-19/h2-9H2,1H3,(H,15,16,17,18). The molecule has 1 aromatic heterocycles. The number of hydrogen-bond acceptors (Lipinski definition) is 5. The lowest BCUT2D eigenvalue weighted by molar-refractivity contribution is 0.519. The minimum Gasteiger partial charge on any atom is -0.353 e. The summed E-state index contributed by atoms with van der Waals surface area (Å²) in [6.45, 7) is 5.20. The summed E-state index contributed by atoms with van der Waals surface area (Å²) < 4.78 is 0. The second kappa shape index (κ2) is 5.12. The quantitative estimate of drug-likeness (QED) is 0.899. The van der Waals surface area contributed by atoms with Gasteiger partial charge < -0.3 is 10.2 Å². The number of rotatable bonds is 5. The van der Waals surface area contributed by atoms with Gasteiger partial charge >= 0.3 is 0 Å². The predicted molar refractivity (Wildman–Crippen MR) is 76.7 cm³/mol. The fraction of sp³-hybridized carbons (Fsp3) is 0.769. The average Bonchev–Trinajstić information content (AvgIpc) is 2.98. The Labute approximate surface area is 118 Å². The maximum absolute atomic E-state index is 6.00. The maximum atomic E-state index is 6.00. The highest BCUT2D eigenvalue weighted by atomic mass is 35.5. The molecule has 3 rings (SSSR count). The number of anilines is 2. The highest BCUT2D eigenvalue weighted by Crippen LogP contribution is 2.48. The van der Waals surface area contributed by atoms with Crippen LogP contribution in [0.4, 0.5) is 11.9 Å². The topological polar surface area (TPSA) is 53.9 Å². The first-order valence-electron chi connectivity index (χ1n) is 7.11. The Hall–Kier alpha value is -1.10. The SMILES string of the molecule is CCC1(CNc2nc(Cl)nc(N3CCCC3)n2)CC1. The Morgan fingerprint density at radius 1 is 1.21 bits per heavy atom. The van der Waals surface area contributed by atoms with E-state index in [2.05, 4.69) is 32.1 Å². The van der Waals surface area contributed by atoms with Crippen molar-refractivity contribution in [2.24, 2.45) is 5.41 Å². The molecule has 0 atom stereocenters. The van der Waals surface area contributed by atoms with Crippen LogP contribution in [0.15, 0.2) is 0 Å². The van der Waals surface area contributed by atoms with Gasteiger partial charge in [-0.05, 0) is 49.1 Å². The molecule has 0 bridgehead atoms. The van der Waals surface area contributed by atoms with E-state index in [1.807, 2.05) is 0 Å². The fourth-order valence-electron chi connectivity index (χ4n) is 2.58. The van der Waals surface area contributed by atoms with Gasteiger partial charge in [-0.1, -0.05) is 6.92 Å². The lowest BCUT2D eigenvalue weighted by Gasteiger charge is -2.17. The average molecular weight is 282 g/mol. The Kier molecular flexibility index (Phi) is 3.48. The molecule has 1 aliphatic heterocycles. The van der Waals surface area contributed by atoms with Crippen molar-refractivity contribution in [2.45, 2.75) is 39.0 Å². The van der Waals surface area contributed by atoms with Crippen LogP contribution in [0.25, 0.3) is 0 Å². The molecule has 5 nitrogen and oxygen atoms in total. The van der Waals surface area contributed by atoms with Gasteiger partial charge in [0.1, 0.15) is 0 Å². The molecule has 1 aliphatic carbocycles. The number of aromatic nitrogens is 3. The van der Waals surface area contributed by atoms with E-state index in [-0.39, 0.29) is 5.28 Å². The van der Waals surface area contributed by atoms with Crippen molar-refractivity contribution in [3.8, 4) is 0 Å². The molecule has 0 aromatic carbocycles. The van der Waals surface area contributed by atoms with Gasteiger partial charge in [-0.25, -0.2) is 0 Å².